The molecular formula is C12H18N2O3. The molecule has 0 atom stereocenters. The first kappa shape index (κ1) is 13.4. The molecule has 1 saturated heterocycles. The van der Waals surface area contributed by atoms with Gasteiger partial charge in [0.05, 0.1) is 0 Å². The number of urea groups is 1. The van der Waals surface area contributed by atoms with Crippen LogP contribution in [-0.4, -0.2) is 17.8 Å². The van der Waals surface area contributed by atoms with Crippen molar-refractivity contribution in [3.05, 3.63) is 11.6 Å². The number of nitrogens with one attached hydrogen (secondary N) is 2. The molecule has 0 bridgehead atoms. The van der Waals surface area contributed by atoms with Crippen LogP contribution in [0, 0.1) is 5.41 Å². The lowest BCUT2D eigenvalue weighted by Crippen LogP contribution is -2.62. The minimum atomic E-state index is -1.23. The standard InChI is InChI=1S/C12H18N2O3/c1-4-6-7-8(3)12(5-2)9(15)13-11(17)14-10(12)16/h7H,4-6H2,1-3H3,(H2,13,14,15,16,17)/b8-7+. The van der Waals surface area contributed by atoms with Crippen LogP contribution in [0.3, 0.4) is 0 Å². The largest absolute Gasteiger partial charge is 0.328 e. The lowest BCUT2D eigenvalue weighted by Gasteiger charge is -2.34. The van der Waals surface area contributed by atoms with Crippen LogP contribution in [-0.2, 0) is 9.59 Å². The van der Waals surface area contributed by atoms with Gasteiger partial charge >= 0.3 is 6.03 Å². The number of carbonyl (C=O) groups excluding carboxylic acids is 3. The summed E-state index contributed by atoms with van der Waals surface area (Å²) in [5.74, 6) is -1.06. The highest BCUT2D eigenvalue weighted by Crippen LogP contribution is 2.33. The van der Waals surface area contributed by atoms with E-state index < -0.39 is 23.3 Å². The molecule has 0 aromatic heterocycles. The Labute approximate surface area is 101 Å². The summed E-state index contributed by atoms with van der Waals surface area (Å²) in [5, 5.41) is 4.32. The summed E-state index contributed by atoms with van der Waals surface area (Å²) in [4.78, 5) is 34.9. The second-order valence-electron chi connectivity index (χ2n) is 4.17. The third-order valence-electron chi connectivity index (χ3n) is 3.17. The Morgan fingerprint density at radius 1 is 1.18 bits per heavy atom. The summed E-state index contributed by atoms with van der Waals surface area (Å²) in [6.07, 6.45) is 3.98. The van der Waals surface area contributed by atoms with Gasteiger partial charge in [-0.25, -0.2) is 4.79 Å². The van der Waals surface area contributed by atoms with Gasteiger partial charge in [0.25, 0.3) is 0 Å². The van der Waals surface area contributed by atoms with Crippen LogP contribution in [0.5, 0.6) is 0 Å². The molecular weight excluding hydrogens is 220 g/mol. The average molecular weight is 238 g/mol. The minimum Gasteiger partial charge on any atom is -0.277 e. The summed E-state index contributed by atoms with van der Waals surface area (Å²) in [6.45, 7) is 5.54. The molecule has 1 heterocycles. The number of unbranched alkanes of at least 4 members (excludes halogenated alkanes) is 1. The van der Waals surface area contributed by atoms with Crippen LogP contribution in [0.2, 0.25) is 0 Å². The zero-order valence-corrected chi connectivity index (χ0v) is 10.4. The predicted molar refractivity (Wildman–Crippen MR) is 63.1 cm³/mol. The number of imide groups is 2. The SMILES string of the molecule is CCC/C=C(\C)C1(CC)C(=O)NC(=O)NC1=O. The van der Waals surface area contributed by atoms with Gasteiger partial charge in [-0.2, -0.15) is 0 Å². The topological polar surface area (TPSA) is 75.3 Å². The second kappa shape index (κ2) is 5.12. The Bertz CT molecular complexity index is 365. The molecule has 0 aromatic rings. The molecule has 0 unspecified atom stereocenters. The van der Waals surface area contributed by atoms with E-state index in [-0.39, 0.29) is 0 Å². The number of hydrogen-bond acceptors (Lipinski definition) is 3. The van der Waals surface area contributed by atoms with E-state index in [1.165, 1.54) is 0 Å². The number of carbonyl (C=O) groups is 3. The fourth-order valence-electron chi connectivity index (χ4n) is 2.05. The second-order valence-corrected chi connectivity index (χ2v) is 4.17. The number of amides is 4. The highest BCUT2D eigenvalue weighted by atomic mass is 16.2. The Kier molecular flexibility index (Phi) is 4.04. The molecule has 4 amide bonds. The first-order valence-corrected chi connectivity index (χ1v) is 5.83. The smallest absolute Gasteiger partial charge is 0.277 e. The van der Waals surface area contributed by atoms with Crippen LogP contribution >= 0.6 is 0 Å². The first-order valence-electron chi connectivity index (χ1n) is 5.83. The maximum Gasteiger partial charge on any atom is 0.328 e. The molecule has 0 radical (unpaired) electrons. The van der Waals surface area contributed by atoms with Gasteiger partial charge in [0.1, 0.15) is 5.41 Å². The van der Waals surface area contributed by atoms with Crippen molar-refractivity contribution >= 4 is 17.8 Å². The van der Waals surface area contributed by atoms with Gasteiger partial charge in [0.15, 0.2) is 0 Å². The van der Waals surface area contributed by atoms with Crippen molar-refractivity contribution in [2.75, 3.05) is 0 Å². The van der Waals surface area contributed by atoms with E-state index in [4.69, 9.17) is 0 Å². The summed E-state index contributed by atoms with van der Waals surface area (Å²) in [5.41, 5.74) is -0.535. The molecule has 0 saturated carbocycles. The monoisotopic (exact) mass is 238 g/mol. The van der Waals surface area contributed by atoms with Crippen molar-refractivity contribution in [3.63, 3.8) is 0 Å². The summed E-state index contributed by atoms with van der Waals surface area (Å²) < 4.78 is 0. The lowest BCUT2D eigenvalue weighted by atomic mass is 9.75. The van der Waals surface area contributed by atoms with E-state index in [9.17, 15) is 14.4 Å². The van der Waals surface area contributed by atoms with Crippen molar-refractivity contribution in [1.29, 1.82) is 0 Å². The molecule has 2 N–H and O–H groups in total. The van der Waals surface area contributed by atoms with Crippen LogP contribution in [0.25, 0.3) is 0 Å². The molecule has 1 aliphatic heterocycles. The van der Waals surface area contributed by atoms with Crippen molar-refractivity contribution < 1.29 is 14.4 Å². The van der Waals surface area contributed by atoms with Gasteiger partial charge in [0.2, 0.25) is 11.8 Å². The van der Waals surface area contributed by atoms with Crippen LogP contribution in [0.1, 0.15) is 40.0 Å². The zero-order valence-electron chi connectivity index (χ0n) is 10.4. The number of rotatable bonds is 4. The Hall–Kier alpha value is -1.65. The van der Waals surface area contributed by atoms with Gasteiger partial charge in [-0.1, -0.05) is 31.9 Å². The molecule has 0 aromatic carbocycles. The van der Waals surface area contributed by atoms with Gasteiger partial charge in [-0.3, -0.25) is 20.2 Å². The Morgan fingerprint density at radius 3 is 2.12 bits per heavy atom. The van der Waals surface area contributed by atoms with E-state index in [2.05, 4.69) is 10.6 Å². The van der Waals surface area contributed by atoms with Crippen molar-refractivity contribution in [1.82, 2.24) is 10.6 Å². The molecule has 5 heteroatoms. The molecule has 94 valence electrons. The van der Waals surface area contributed by atoms with E-state index in [1.54, 1.807) is 13.8 Å². The normalized spacial score (nSPS) is 19.9. The van der Waals surface area contributed by atoms with E-state index in [0.717, 1.165) is 12.8 Å². The number of barbiturate groups is 1. The predicted octanol–water partition coefficient (Wildman–Crippen LogP) is 1.50. The van der Waals surface area contributed by atoms with Gasteiger partial charge < -0.3 is 0 Å². The Balaban J connectivity index is 3.13. The lowest BCUT2D eigenvalue weighted by molar-refractivity contribution is -0.141. The van der Waals surface area contributed by atoms with Gasteiger partial charge in [-0.05, 0) is 19.8 Å². The molecule has 0 spiro atoms. The summed E-state index contributed by atoms with van der Waals surface area (Å²) in [6, 6.07) is -0.743. The van der Waals surface area contributed by atoms with E-state index in [0.29, 0.717) is 12.0 Å². The van der Waals surface area contributed by atoms with Crippen molar-refractivity contribution in [2.45, 2.75) is 40.0 Å². The molecule has 1 aliphatic rings. The van der Waals surface area contributed by atoms with Crippen molar-refractivity contribution in [3.8, 4) is 0 Å². The van der Waals surface area contributed by atoms with Crippen LogP contribution < -0.4 is 10.6 Å². The summed E-state index contributed by atoms with van der Waals surface area (Å²) in [7, 11) is 0. The van der Waals surface area contributed by atoms with Crippen molar-refractivity contribution in [2.24, 2.45) is 5.41 Å². The Morgan fingerprint density at radius 2 is 1.71 bits per heavy atom. The first-order chi connectivity index (χ1) is 7.98. The zero-order chi connectivity index (χ0) is 13.1. The highest BCUT2D eigenvalue weighted by Gasteiger charge is 2.49. The van der Waals surface area contributed by atoms with E-state index in [1.807, 2.05) is 13.0 Å². The fraction of sp³-hybridized carbons (Fsp3) is 0.583. The maximum absolute atomic E-state index is 11.9. The van der Waals surface area contributed by atoms with Gasteiger partial charge in [0, 0.05) is 0 Å². The number of hydrogen-bond donors (Lipinski definition) is 2. The molecule has 17 heavy (non-hydrogen) atoms. The average Bonchev–Trinajstić information content (AvgIpc) is 2.26. The quantitative estimate of drug-likeness (QED) is 0.575. The molecule has 0 aliphatic carbocycles. The molecule has 1 fully saturated rings. The third-order valence-corrected chi connectivity index (χ3v) is 3.17. The van der Waals surface area contributed by atoms with E-state index >= 15 is 0 Å². The minimum absolute atomic E-state index is 0.337. The molecule has 5 nitrogen and oxygen atoms in total. The number of allylic oxidation sites excluding steroid dienone is 1. The van der Waals surface area contributed by atoms with Crippen LogP contribution in [0.15, 0.2) is 11.6 Å². The highest BCUT2D eigenvalue weighted by molar-refractivity contribution is 6.21. The molecule has 1 rings (SSSR count). The maximum atomic E-state index is 11.9. The van der Waals surface area contributed by atoms with Crippen LogP contribution in [0.4, 0.5) is 4.79 Å². The summed E-state index contributed by atoms with van der Waals surface area (Å²) >= 11 is 0. The van der Waals surface area contributed by atoms with Gasteiger partial charge in [-0.15, -0.1) is 0 Å². The fourth-order valence-corrected chi connectivity index (χ4v) is 2.05. The third kappa shape index (κ3) is 2.23.